The average Bonchev–Trinajstić information content (AvgIpc) is 3.20. The molecule has 2 aromatic rings. The molecule has 1 saturated carbocycles. The molecule has 0 amide bonds. The standard InChI is InChI=1S/C21H29N5O/c1-16-15-20(24-21(22-16)23-17-7-3-4-8-17)26-13-11-25(12-14-26)18-9-5-6-10-19(18)27-2/h5-6,9-10,15,17H,3-4,7-8,11-14H2,1-2H3,(H,22,23,24). The fourth-order valence-corrected chi connectivity index (χ4v) is 4.10. The van der Waals surface area contributed by atoms with Crippen LogP contribution in [0.25, 0.3) is 0 Å². The van der Waals surface area contributed by atoms with E-state index in [-0.39, 0.29) is 0 Å². The molecule has 1 aromatic heterocycles. The molecule has 1 N–H and O–H groups in total. The van der Waals surface area contributed by atoms with Gasteiger partial charge in [0.2, 0.25) is 5.95 Å². The molecular formula is C21H29N5O. The fraction of sp³-hybridized carbons (Fsp3) is 0.524. The van der Waals surface area contributed by atoms with Crippen molar-refractivity contribution in [3.63, 3.8) is 0 Å². The largest absolute Gasteiger partial charge is 0.495 e. The fourth-order valence-electron chi connectivity index (χ4n) is 4.10. The Balaban J connectivity index is 1.44. The first-order valence-electron chi connectivity index (χ1n) is 9.98. The molecule has 27 heavy (non-hydrogen) atoms. The summed E-state index contributed by atoms with van der Waals surface area (Å²) in [6.07, 6.45) is 5.07. The Morgan fingerprint density at radius 3 is 2.44 bits per heavy atom. The number of aryl methyl sites for hydroxylation is 1. The second-order valence-electron chi connectivity index (χ2n) is 7.46. The van der Waals surface area contributed by atoms with E-state index >= 15 is 0 Å². The van der Waals surface area contributed by atoms with Crippen LogP contribution < -0.4 is 19.9 Å². The van der Waals surface area contributed by atoms with E-state index in [1.165, 1.54) is 31.4 Å². The summed E-state index contributed by atoms with van der Waals surface area (Å²) in [5.41, 5.74) is 2.19. The smallest absolute Gasteiger partial charge is 0.225 e. The lowest BCUT2D eigenvalue weighted by Gasteiger charge is -2.37. The molecule has 0 bridgehead atoms. The minimum Gasteiger partial charge on any atom is -0.495 e. The molecule has 0 unspecified atom stereocenters. The van der Waals surface area contributed by atoms with Crippen molar-refractivity contribution in [3.05, 3.63) is 36.0 Å². The van der Waals surface area contributed by atoms with Crippen LogP contribution in [0.5, 0.6) is 5.75 Å². The number of para-hydroxylation sites is 2. The van der Waals surface area contributed by atoms with Crippen LogP contribution in [0.3, 0.4) is 0 Å². The van der Waals surface area contributed by atoms with Crippen molar-refractivity contribution >= 4 is 17.5 Å². The van der Waals surface area contributed by atoms with Crippen LogP contribution in [-0.4, -0.2) is 49.3 Å². The van der Waals surface area contributed by atoms with E-state index < -0.39 is 0 Å². The van der Waals surface area contributed by atoms with Crippen molar-refractivity contribution in [2.45, 2.75) is 38.6 Å². The third-order valence-electron chi connectivity index (χ3n) is 5.56. The molecule has 1 aliphatic carbocycles. The number of anilines is 3. The van der Waals surface area contributed by atoms with Gasteiger partial charge in [-0.2, -0.15) is 4.98 Å². The maximum absolute atomic E-state index is 5.52. The first kappa shape index (κ1) is 17.9. The summed E-state index contributed by atoms with van der Waals surface area (Å²) in [4.78, 5) is 14.2. The van der Waals surface area contributed by atoms with E-state index in [1.807, 2.05) is 12.1 Å². The summed E-state index contributed by atoms with van der Waals surface area (Å²) in [7, 11) is 1.73. The molecule has 6 heteroatoms. The van der Waals surface area contributed by atoms with Crippen molar-refractivity contribution in [1.82, 2.24) is 9.97 Å². The van der Waals surface area contributed by atoms with Gasteiger partial charge in [-0.25, -0.2) is 4.98 Å². The van der Waals surface area contributed by atoms with Crippen molar-refractivity contribution in [3.8, 4) is 5.75 Å². The number of methoxy groups -OCH3 is 1. The lowest BCUT2D eigenvalue weighted by molar-refractivity contribution is 0.413. The van der Waals surface area contributed by atoms with Crippen molar-refractivity contribution in [2.24, 2.45) is 0 Å². The Labute approximate surface area is 161 Å². The van der Waals surface area contributed by atoms with Crippen LogP contribution in [0.4, 0.5) is 17.5 Å². The highest BCUT2D eigenvalue weighted by Gasteiger charge is 2.22. The Kier molecular flexibility index (Phi) is 5.32. The van der Waals surface area contributed by atoms with Crippen molar-refractivity contribution < 1.29 is 4.74 Å². The van der Waals surface area contributed by atoms with E-state index in [4.69, 9.17) is 9.72 Å². The van der Waals surface area contributed by atoms with E-state index in [1.54, 1.807) is 7.11 Å². The van der Waals surface area contributed by atoms with Crippen LogP contribution in [0.15, 0.2) is 30.3 Å². The number of hydrogen-bond donors (Lipinski definition) is 1. The highest BCUT2D eigenvalue weighted by Crippen LogP contribution is 2.29. The molecule has 6 nitrogen and oxygen atoms in total. The minimum atomic E-state index is 0.530. The van der Waals surface area contributed by atoms with E-state index in [2.05, 4.69) is 45.2 Å². The van der Waals surface area contributed by atoms with Crippen molar-refractivity contribution in [2.75, 3.05) is 48.4 Å². The van der Waals surface area contributed by atoms with Gasteiger partial charge >= 0.3 is 0 Å². The normalized spacial score (nSPS) is 18.0. The van der Waals surface area contributed by atoms with Gasteiger partial charge in [-0.3, -0.25) is 0 Å². The Morgan fingerprint density at radius 2 is 1.70 bits per heavy atom. The first-order chi connectivity index (χ1) is 13.2. The Hall–Kier alpha value is -2.50. The second-order valence-corrected chi connectivity index (χ2v) is 7.46. The average molecular weight is 367 g/mol. The summed E-state index contributed by atoms with van der Waals surface area (Å²) in [6, 6.07) is 10.9. The van der Waals surface area contributed by atoms with E-state index in [9.17, 15) is 0 Å². The van der Waals surface area contributed by atoms with Gasteiger partial charge in [0.1, 0.15) is 11.6 Å². The summed E-state index contributed by atoms with van der Waals surface area (Å²) < 4.78 is 5.52. The molecule has 2 heterocycles. The highest BCUT2D eigenvalue weighted by atomic mass is 16.5. The number of piperazine rings is 1. The maximum Gasteiger partial charge on any atom is 0.225 e. The number of nitrogens with zero attached hydrogens (tertiary/aromatic N) is 4. The number of ether oxygens (including phenoxy) is 1. The topological polar surface area (TPSA) is 53.5 Å². The molecule has 144 valence electrons. The van der Waals surface area contributed by atoms with Crippen LogP contribution >= 0.6 is 0 Å². The highest BCUT2D eigenvalue weighted by molar-refractivity contribution is 5.59. The quantitative estimate of drug-likeness (QED) is 0.873. The van der Waals surface area contributed by atoms with Gasteiger partial charge in [0.05, 0.1) is 12.8 Å². The first-order valence-corrected chi connectivity index (χ1v) is 9.98. The summed E-state index contributed by atoms with van der Waals surface area (Å²) in [5.74, 6) is 2.75. The van der Waals surface area contributed by atoms with Crippen LogP contribution in [0.1, 0.15) is 31.4 Å². The van der Waals surface area contributed by atoms with E-state index in [0.29, 0.717) is 6.04 Å². The molecule has 1 aliphatic heterocycles. The predicted molar refractivity (Wildman–Crippen MR) is 110 cm³/mol. The molecular weight excluding hydrogens is 338 g/mol. The Morgan fingerprint density at radius 1 is 1.00 bits per heavy atom. The molecule has 0 atom stereocenters. The third kappa shape index (κ3) is 4.10. The molecule has 0 radical (unpaired) electrons. The number of aromatic nitrogens is 2. The van der Waals surface area contributed by atoms with Crippen LogP contribution in [0.2, 0.25) is 0 Å². The summed E-state index contributed by atoms with van der Waals surface area (Å²) >= 11 is 0. The molecule has 1 saturated heterocycles. The second kappa shape index (κ2) is 8.03. The number of nitrogens with one attached hydrogen (secondary N) is 1. The zero-order valence-electron chi connectivity index (χ0n) is 16.3. The molecule has 2 aliphatic rings. The van der Waals surface area contributed by atoms with Gasteiger partial charge in [-0.05, 0) is 31.9 Å². The maximum atomic E-state index is 5.52. The minimum absolute atomic E-state index is 0.530. The van der Waals surface area contributed by atoms with Gasteiger partial charge < -0.3 is 19.9 Å². The lowest BCUT2D eigenvalue weighted by atomic mass is 10.2. The Bertz CT molecular complexity index is 767. The van der Waals surface area contributed by atoms with Gasteiger partial charge in [0, 0.05) is 44.0 Å². The molecule has 1 aromatic carbocycles. The zero-order chi connectivity index (χ0) is 18.6. The van der Waals surface area contributed by atoms with Gasteiger partial charge in [0.15, 0.2) is 0 Å². The SMILES string of the molecule is COc1ccccc1N1CCN(c2cc(C)nc(NC3CCCC3)n2)CC1. The molecule has 4 rings (SSSR count). The van der Waals surface area contributed by atoms with Crippen LogP contribution in [-0.2, 0) is 0 Å². The zero-order valence-corrected chi connectivity index (χ0v) is 16.3. The molecule has 0 spiro atoms. The van der Waals surface area contributed by atoms with E-state index in [0.717, 1.165) is 49.4 Å². The predicted octanol–water partition coefficient (Wildman–Crippen LogP) is 3.47. The number of benzene rings is 1. The summed E-state index contributed by atoms with van der Waals surface area (Å²) in [5, 5.41) is 3.54. The summed E-state index contributed by atoms with van der Waals surface area (Å²) in [6.45, 7) is 5.84. The van der Waals surface area contributed by atoms with Crippen molar-refractivity contribution in [1.29, 1.82) is 0 Å². The van der Waals surface area contributed by atoms with Gasteiger partial charge in [0.25, 0.3) is 0 Å². The monoisotopic (exact) mass is 367 g/mol. The lowest BCUT2D eigenvalue weighted by Crippen LogP contribution is -2.47. The third-order valence-corrected chi connectivity index (χ3v) is 5.56. The number of hydrogen-bond acceptors (Lipinski definition) is 6. The molecule has 2 fully saturated rings. The van der Waals surface area contributed by atoms with Gasteiger partial charge in [-0.15, -0.1) is 0 Å². The van der Waals surface area contributed by atoms with Gasteiger partial charge in [-0.1, -0.05) is 25.0 Å². The number of rotatable bonds is 5. The van der Waals surface area contributed by atoms with Crippen LogP contribution in [0, 0.1) is 6.92 Å².